The molecule has 1 aliphatic heterocycles. The maximum Gasteiger partial charge on any atom is 0.322 e. The van der Waals surface area contributed by atoms with Crippen LogP contribution >= 0.6 is 0 Å². The van der Waals surface area contributed by atoms with Crippen molar-refractivity contribution in [2.45, 2.75) is 24.8 Å². The van der Waals surface area contributed by atoms with E-state index in [2.05, 4.69) is 22.4 Å². The Morgan fingerprint density at radius 2 is 2.10 bits per heavy atom. The van der Waals surface area contributed by atoms with Crippen molar-refractivity contribution in [1.29, 1.82) is 0 Å². The highest BCUT2D eigenvalue weighted by molar-refractivity contribution is 5.95. The van der Waals surface area contributed by atoms with Crippen LogP contribution in [0.3, 0.4) is 0 Å². The van der Waals surface area contributed by atoms with Gasteiger partial charge in [-0.25, -0.2) is 4.79 Å². The van der Waals surface area contributed by atoms with Gasteiger partial charge in [-0.05, 0) is 36.1 Å². The second kappa shape index (κ2) is 4.58. The molecule has 4 nitrogen and oxygen atoms in total. The summed E-state index contributed by atoms with van der Waals surface area (Å²) in [5, 5.41) is 2.99. The predicted octanol–water partition coefficient (Wildman–Crippen LogP) is 2.84. The molecule has 1 aromatic carbocycles. The minimum absolute atomic E-state index is 0.0184. The number of pyridine rings is 1. The summed E-state index contributed by atoms with van der Waals surface area (Å²) in [6, 6.07) is 12.1. The van der Waals surface area contributed by atoms with E-state index in [1.807, 2.05) is 29.2 Å². The van der Waals surface area contributed by atoms with Crippen LogP contribution in [-0.2, 0) is 12.0 Å². The largest absolute Gasteiger partial charge is 0.334 e. The normalized spacial score (nSPS) is 17.6. The molecule has 1 spiro atoms. The van der Waals surface area contributed by atoms with Crippen LogP contribution < -0.4 is 10.2 Å². The van der Waals surface area contributed by atoms with Gasteiger partial charge in [0.15, 0.2) is 0 Å². The maximum atomic E-state index is 12.5. The molecule has 0 radical (unpaired) electrons. The zero-order valence-corrected chi connectivity index (χ0v) is 11.7. The lowest BCUT2D eigenvalue weighted by molar-refractivity contribution is 0.246. The van der Waals surface area contributed by atoms with Crippen LogP contribution in [0.2, 0.25) is 0 Å². The average molecular weight is 279 g/mol. The Kier molecular flexibility index (Phi) is 2.70. The monoisotopic (exact) mass is 279 g/mol. The first-order chi connectivity index (χ1) is 10.3. The van der Waals surface area contributed by atoms with Crippen LogP contribution in [0.4, 0.5) is 10.5 Å². The van der Waals surface area contributed by atoms with Gasteiger partial charge in [-0.15, -0.1) is 0 Å². The predicted molar refractivity (Wildman–Crippen MR) is 81.2 cm³/mol. The molecule has 0 saturated heterocycles. The van der Waals surface area contributed by atoms with E-state index in [1.54, 1.807) is 12.4 Å². The fraction of sp³-hybridized carbons (Fsp3) is 0.294. The number of aromatic nitrogens is 1. The van der Waals surface area contributed by atoms with Gasteiger partial charge in [-0.2, -0.15) is 0 Å². The van der Waals surface area contributed by atoms with Crippen molar-refractivity contribution in [1.82, 2.24) is 10.3 Å². The van der Waals surface area contributed by atoms with E-state index in [9.17, 15) is 4.79 Å². The Balaban J connectivity index is 1.51. The molecule has 1 aliphatic carbocycles. The average Bonchev–Trinajstić information content (AvgIpc) is 3.24. The summed E-state index contributed by atoms with van der Waals surface area (Å²) in [4.78, 5) is 18.4. The first-order valence-corrected chi connectivity index (χ1v) is 7.32. The summed E-state index contributed by atoms with van der Waals surface area (Å²) in [7, 11) is 0. The third-order valence-electron chi connectivity index (χ3n) is 4.49. The zero-order chi connectivity index (χ0) is 14.3. The smallest absolute Gasteiger partial charge is 0.322 e. The molecule has 0 unspecified atom stereocenters. The van der Waals surface area contributed by atoms with Crippen molar-refractivity contribution in [3.63, 3.8) is 0 Å². The van der Waals surface area contributed by atoms with Gasteiger partial charge in [-0.3, -0.25) is 9.88 Å². The summed E-state index contributed by atoms with van der Waals surface area (Å²) in [5.74, 6) is 0. The highest BCUT2D eigenvalue weighted by Crippen LogP contribution is 2.56. The first kappa shape index (κ1) is 12.4. The van der Waals surface area contributed by atoms with Crippen molar-refractivity contribution in [3.8, 4) is 0 Å². The number of nitrogens with one attached hydrogen (secondary N) is 1. The van der Waals surface area contributed by atoms with Gasteiger partial charge >= 0.3 is 6.03 Å². The fourth-order valence-corrected chi connectivity index (χ4v) is 3.17. The molecule has 1 fully saturated rings. The van der Waals surface area contributed by atoms with Crippen molar-refractivity contribution < 1.29 is 4.79 Å². The molecule has 2 amide bonds. The van der Waals surface area contributed by atoms with E-state index in [1.165, 1.54) is 18.4 Å². The standard InChI is InChI=1S/C17H17N3O/c21-16(19-11-13-4-3-9-18-10-13)20-12-17(7-8-17)14-5-1-2-6-15(14)20/h1-6,9-10H,7-8,11-12H2,(H,19,21). The highest BCUT2D eigenvalue weighted by Gasteiger charge is 2.52. The van der Waals surface area contributed by atoms with Crippen LogP contribution in [0.5, 0.6) is 0 Å². The second-order valence-corrected chi connectivity index (χ2v) is 5.90. The van der Waals surface area contributed by atoms with Crippen LogP contribution in [0.15, 0.2) is 48.8 Å². The third kappa shape index (κ3) is 2.07. The number of amides is 2. The Bertz CT molecular complexity index is 679. The number of fused-ring (bicyclic) bond motifs is 2. The van der Waals surface area contributed by atoms with Gasteiger partial charge in [0, 0.05) is 36.6 Å². The van der Waals surface area contributed by atoms with Gasteiger partial charge in [0.25, 0.3) is 0 Å². The van der Waals surface area contributed by atoms with Gasteiger partial charge in [0.2, 0.25) is 0 Å². The van der Waals surface area contributed by atoms with Crippen molar-refractivity contribution >= 4 is 11.7 Å². The minimum atomic E-state index is -0.0184. The maximum absolute atomic E-state index is 12.5. The molecule has 4 heteroatoms. The van der Waals surface area contributed by atoms with Crippen LogP contribution in [0.25, 0.3) is 0 Å². The molecule has 106 valence electrons. The molecule has 4 rings (SSSR count). The third-order valence-corrected chi connectivity index (χ3v) is 4.49. The van der Waals surface area contributed by atoms with Crippen LogP contribution in [0.1, 0.15) is 24.0 Å². The Morgan fingerprint density at radius 3 is 2.86 bits per heavy atom. The molecule has 1 saturated carbocycles. The Hall–Kier alpha value is -2.36. The number of urea groups is 1. The molecule has 1 aromatic heterocycles. The van der Waals surface area contributed by atoms with E-state index in [4.69, 9.17) is 0 Å². The first-order valence-electron chi connectivity index (χ1n) is 7.32. The second-order valence-electron chi connectivity index (χ2n) is 5.90. The number of carbonyl (C=O) groups excluding carboxylic acids is 1. The van der Waals surface area contributed by atoms with Gasteiger partial charge in [0.05, 0.1) is 0 Å². The summed E-state index contributed by atoms with van der Waals surface area (Å²) >= 11 is 0. The molecule has 2 aliphatic rings. The molecule has 0 atom stereocenters. The number of hydrogen-bond donors (Lipinski definition) is 1. The minimum Gasteiger partial charge on any atom is -0.334 e. The molecule has 21 heavy (non-hydrogen) atoms. The molecule has 1 N–H and O–H groups in total. The summed E-state index contributed by atoms with van der Waals surface area (Å²) in [6.45, 7) is 1.32. The highest BCUT2D eigenvalue weighted by atomic mass is 16.2. The SMILES string of the molecule is O=C(NCc1cccnc1)N1CC2(CC2)c2ccccc21. The number of rotatable bonds is 2. The number of para-hydroxylation sites is 1. The topological polar surface area (TPSA) is 45.2 Å². The van der Waals surface area contributed by atoms with E-state index in [-0.39, 0.29) is 11.4 Å². The molecular weight excluding hydrogens is 262 g/mol. The molecular formula is C17H17N3O. The fourth-order valence-electron chi connectivity index (χ4n) is 3.17. The number of carbonyl (C=O) groups is 1. The van der Waals surface area contributed by atoms with Crippen molar-refractivity contribution in [2.75, 3.05) is 11.4 Å². The number of anilines is 1. The quantitative estimate of drug-likeness (QED) is 0.918. The van der Waals surface area contributed by atoms with Crippen molar-refractivity contribution in [3.05, 3.63) is 59.9 Å². The van der Waals surface area contributed by atoms with Gasteiger partial charge in [-0.1, -0.05) is 24.3 Å². The summed E-state index contributed by atoms with van der Waals surface area (Å²) in [5.41, 5.74) is 3.65. The van der Waals surface area contributed by atoms with E-state index in [0.29, 0.717) is 6.54 Å². The lowest BCUT2D eigenvalue weighted by Crippen LogP contribution is -2.39. The van der Waals surface area contributed by atoms with Gasteiger partial charge in [0.1, 0.15) is 0 Å². The van der Waals surface area contributed by atoms with E-state index in [0.717, 1.165) is 17.8 Å². The van der Waals surface area contributed by atoms with E-state index >= 15 is 0 Å². The molecule has 2 aromatic rings. The lowest BCUT2D eigenvalue weighted by Gasteiger charge is -2.18. The number of benzene rings is 1. The lowest BCUT2D eigenvalue weighted by atomic mass is 9.99. The Morgan fingerprint density at radius 1 is 1.24 bits per heavy atom. The van der Waals surface area contributed by atoms with Crippen molar-refractivity contribution in [2.24, 2.45) is 0 Å². The summed E-state index contributed by atoms with van der Waals surface area (Å²) < 4.78 is 0. The summed E-state index contributed by atoms with van der Waals surface area (Å²) in [6.07, 6.45) is 5.90. The van der Waals surface area contributed by atoms with E-state index < -0.39 is 0 Å². The zero-order valence-electron chi connectivity index (χ0n) is 11.7. The van der Waals surface area contributed by atoms with Gasteiger partial charge < -0.3 is 5.32 Å². The van der Waals surface area contributed by atoms with Crippen LogP contribution in [-0.4, -0.2) is 17.6 Å². The van der Waals surface area contributed by atoms with Crippen LogP contribution in [0, 0.1) is 0 Å². The Labute approximate surface area is 123 Å². The number of nitrogens with zero attached hydrogens (tertiary/aromatic N) is 2. The molecule has 0 bridgehead atoms. The molecule has 2 heterocycles. The number of hydrogen-bond acceptors (Lipinski definition) is 2.